The van der Waals surface area contributed by atoms with Crippen LogP contribution < -0.4 is 0 Å². The van der Waals surface area contributed by atoms with Crippen molar-refractivity contribution in [1.82, 2.24) is 8.61 Å². The van der Waals surface area contributed by atoms with Gasteiger partial charge in [0.2, 0.25) is 20.0 Å². The maximum Gasteiger partial charge on any atom is 0.244 e. The molecule has 0 aromatic heterocycles. The van der Waals surface area contributed by atoms with Gasteiger partial charge in [-0.25, -0.2) is 16.8 Å². The van der Waals surface area contributed by atoms with E-state index in [-0.39, 0.29) is 16.5 Å². The zero-order chi connectivity index (χ0) is 18.8. The van der Waals surface area contributed by atoms with Gasteiger partial charge in [0.1, 0.15) is 0 Å². The molecule has 0 N–H and O–H groups in total. The summed E-state index contributed by atoms with van der Waals surface area (Å²) in [7, 11) is -4.83. The summed E-state index contributed by atoms with van der Waals surface area (Å²) in [6.07, 6.45) is 0. The fourth-order valence-corrected chi connectivity index (χ4v) is 4.62. The van der Waals surface area contributed by atoms with Gasteiger partial charge in [0.15, 0.2) is 0 Å². The molecule has 0 unspecified atom stereocenters. The lowest BCUT2D eigenvalue weighted by Gasteiger charge is -2.24. The van der Waals surface area contributed by atoms with E-state index in [9.17, 15) is 16.8 Å². The number of benzene rings is 2. The van der Waals surface area contributed by atoms with E-state index in [1.54, 1.807) is 24.3 Å². The van der Waals surface area contributed by atoms with Crippen molar-refractivity contribution in [3.05, 3.63) is 59.7 Å². The van der Waals surface area contributed by atoms with Crippen molar-refractivity contribution in [2.45, 2.75) is 23.6 Å². The lowest BCUT2D eigenvalue weighted by atomic mass is 10.2. The van der Waals surface area contributed by atoms with Crippen molar-refractivity contribution in [3.8, 4) is 0 Å². The van der Waals surface area contributed by atoms with E-state index in [0.29, 0.717) is 0 Å². The van der Waals surface area contributed by atoms with Crippen LogP contribution in [0, 0.1) is 13.8 Å². The first kappa shape index (κ1) is 19.6. The van der Waals surface area contributed by atoms with Gasteiger partial charge >= 0.3 is 0 Å². The summed E-state index contributed by atoms with van der Waals surface area (Å²) in [5.41, 5.74) is 1.89. The Labute approximate surface area is 149 Å². The molecule has 2 aromatic rings. The molecule has 0 aliphatic carbocycles. The second kappa shape index (κ2) is 7.25. The number of sulfonamides is 2. The average molecular weight is 383 g/mol. The highest BCUT2D eigenvalue weighted by Gasteiger charge is 2.27. The molecule has 8 heteroatoms. The predicted octanol–water partition coefficient (Wildman–Crippen LogP) is 2.20. The Kier molecular flexibility index (Phi) is 5.68. The third kappa shape index (κ3) is 4.27. The third-order valence-corrected chi connectivity index (χ3v) is 7.46. The van der Waals surface area contributed by atoms with Crippen LogP contribution in [0.3, 0.4) is 0 Å². The summed E-state index contributed by atoms with van der Waals surface area (Å²) in [6, 6.07) is 12.8. The maximum atomic E-state index is 12.6. The minimum Gasteiger partial charge on any atom is -0.207 e. The SMILES string of the molecule is Cc1ccc(S(=O)(=O)N(C)CN(C)S(=O)(=O)c2ccc(C)cc2)cc1. The molecule has 2 aromatic carbocycles. The van der Waals surface area contributed by atoms with E-state index < -0.39 is 20.0 Å². The largest absolute Gasteiger partial charge is 0.244 e. The average Bonchev–Trinajstić information content (AvgIpc) is 2.55. The van der Waals surface area contributed by atoms with Gasteiger partial charge < -0.3 is 0 Å². The minimum atomic E-state index is -3.77. The van der Waals surface area contributed by atoms with Gasteiger partial charge in [0, 0.05) is 14.1 Å². The molecule has 0 saturated carbocycles. The summed E-state index contributed by atoms with van der Waals surface area (Å²) in [4.78, 5) is 0.253. The molecular formula is C17H22N2O4S2. The second-order valence-corrected chi connectivity index (χ2v) is 10.1. The molecule has 6 nitrogen and oxygen atoms in total. The summed E-state index contributed by atoms with van der Waals surface area (Å²) in [6.45, 7) is 3.44. The Balaban J connectivity index is 2.22. The molecule has 0 radical (unpaired) electrons. The van der Waals surface area contributed by atoms with Crippen molar-refractivity contribution < 1.29 is 16.8 Å². The van der Waals surface area contributed by atoms with Gasteiger partial charge in [0.05, 0.1) is 16.5 Å². The molecule has 0 amide bonds. The Morgan fingerprint density at radius 3 is 1.20 bits per heavy atom. The molecule has 0 atom stereocenters. The van der Waals surface area contributed by atoms with Crippen molar-refractivity contribution in [2.75, 3.05) is 20.8 Å². The van der Waals surface area contributed by atoms with E-state index in [0.717, 1.165) is 19.7 Å². The standard InChI is InChI=1S/C17H22N2O4S2/c1-14-5-9-16(10-6-14)24(20,21)18(3)13-19(4)25(22,23)17-11-7-15(2)8-12-17/h5-12H,13H2,1-4H3. The van der Waals surface area contributed by atoms with Crippen molar-refractivity contribution >= 4 is 20.0 Å². The monoisotopic (exact) mass is 382 g/mol. The lowest BCUT2D eigenvalue weighted by molar-refractivity contribution is 0.351. The van der Waals surface area contributed by atoms with E-state index >= 15 is 0 Å². The Hall–Kier alpha value is -1.74. The number of aryl methyl sites for hydroxylation is 2. The first-order valence-corrected chi connectivity index (χ1v) is 10.5. The summed E-state index contributed by atoms with van der Waals surface area (Å²) in [5, 5.41) is 0. The molecule has 0 spiro atoms. The highest BCUT2D eigenvalue weighted by Crippen LogP contribution is 2.19. The minimum absolute atomic E-state index is 0.127. The van der Waals surface area contributed by atoms with Crippen LogP contribution in [0.2, 0.25) is 0 Å². The Morgan fingerprint density at radius 1 is 0.640 bits per heavy atom. The molecule has 0 aliphatic heterocycles. The first-order valence-electron chi connectivity index (χ1n) is 7.61. The molecule has 0 aliphatic rings. The summed E-state index contributed by atoms with van der Waals surface area (Å²) < 4.78 is 52.4. The van der Waals surface area contributed by atoms with Crippen molar-refractivity contribution in [1.29, 1.82) is 0 Å². The van der Waals surface area contributed by atoms with E-state index in [1.807, 2.05) is 13.8 Å². The molecule has 0 saturated heterocycles. The Morgan fingerprint density at radius 2 is 0.920 bits per heavy atom. The molecule has 25 heavy (non-hydrogen) atoms. The molecule has 2 rings (SSSR count). The van der Waals surface area contributed by atoms with Gasteiger partial charge in [-0.1, -0.05) is 35.4 Å². The fourth-order valence-electron chi connectivity index (χ4n) is 2.21. The smallest absolute Gasteiger partial charge is 0.207 e. The van der Waals surface area contributed by atoms with Gasteiger partial charge in [-0.15, -0.1) is 0 Å². The van der Waals surface area contributed by atoms with Crippen LogP contribution in [0.15, 0.2) is 58.3 Å². The predicted molar refractivity (Wildman–Crippen MR) is 97.1 cm³/mol. The molecule has 0 heterocycles. The van der Waals surface area contributed by atoms with E-state index in [1.165, 1.54) is 38.4 Å². The van der Waals surface area contributed by atoms with E-state index in [2.05, 4.69) is 0 Å². The number of hydrogen-bond donors (Lipinski definition) is 0. The van der Waals surface area contributed by atoms with Gasteiger partial charge in [-0.3, -0.25) is 0 Å². The summed E-state index contributed by atoms with van der Waals surface area (Å²) in [5.74, 6) is 0. The van der Waals surface area contributed by atoms with Crippen LogP contribution in [-0.4, -0.2) is 46.2 Å². The second-order valence-electron chi connectivity index (χ2n) is 5.97. The zero-order valence-electron chi connectivity index (χ0n) is 14.7. The topological polar surface area (TPSA) is 74.8 Å². The van der Waals surface area contributed by atoms with Gasteiger partial charge in [-0.2, -0.15) is 8.61 Å². The van der Waals surface area contributed by atoms with Crippen molar-refractivity contribution in [3.63, 3.8) is 0 Å². The molecule has 0 bridgehead atoms. The molecular weight excluding hydrogens is 360 g/mol. The maximum absolute atomic E-state index is 12.6. The van der Waals surface area contributed by atoms with Crippen LogP contribution in [-0.2, 0) is 20.0 Å². The zero-order valence-corrected chi connectivity index (χ0v) is 16.3. The molecule has 136 valence electrons. The highest BCUT2D eigenvalue weighted by atomic mass is 32.2. The summed E-state index contributed by atoms with van der Waals surface area (Å²) >= 11 is 0. The number of rotatable bonds is 6. The van der Waals surface area contributed by atoms with Gasteiger partial charge in [-0.05, 0) is 38.1 Å². The third-order valence-electron chi connectivity index (χ3n) is 3.86. The van der Waals surface area contributed by atoms with E-state index in [4.69, 9.17) is 0 Å². The number of hydrogen-bond acceptors (Lipinski definition) is 4. The van der Waals surface area contributed by atoms with Crippen LogP contribution >= 0.6 is 0 Å². The first-order chi connectivity index (χ1) is 11.5. The normalized spacial score (nSPS) is 12.7. The van der Waals surface area contributed by atoms with Gasteiger partial charge in [0.25, 0.3) is 0 Å². The van der Waals surface area contributed by atoms with Crippen LogP contribution in [0.25, 0.3) is 0 Å². The Bertz CT molecular complexity index is 856. The number of nitrogens with zero attached hydrogens (tertiary/aromatic N) is 2. The fraction of sp³-hybridized carbons (Fsp3) is 0.294. The lowest BCUT2D eigenvalue weighted by Crippen LogP contribution is -2.40. The quantitative estimate of drug-likeness (QED) is 0.718. The van der Waals surface area contributed by atoms with Crippen LogP contribution in [0.4, 0.5) is 0 Å². The van der Waals surface area contributed by atoms with Crippen LogP contribution in [0.1, 0.15) is 11.1 Å². The van der Waals surface area contributed by atoms with Crippen LogP contribution in [0.5, 0.6) is 0 Å². The highest BCUT2D eigenvalue weighted by molar-refractivity contribution is 7.90. The molecule has 0 fully saturated rings. The van der Waals surface area contributed by atoms with Crippen molar-refractivity contribution in [2.24, 2.45) is 0 Å².